The number of hydrogen-bond donors (Lipinski definition) is 1. The molecule has 0 radical (unpaired) electrons. The first kappa shape index (κ1) is 21.4. The van der Waals surface area contributed by atoms with Crippen molar-refractivity contribution in [2.75, 3.05) is 20.8 Å². The van der Waals surface area contributed by atoms with Gasteiger partial charge < -0.3 is 19.5 Å². The predicted molar refractivity (Wildman–Crippen MR) is 115 cm³/mol. The third kappa shape index (κ3) is 3.90. The largest absolute Gasteiger partial charge is 0.507 e. The van der Waals surface area contributed by atoms with Crippen molar-refractivity contribution in [2.24, 2.45) is 5.92 Å². The zero-order valence-corrected chi connectivity index (χ0v) is 17.9. The van der Waals surface area contributed by atoms with Crippen LogP contribution in [0, 0.1) is 12.8 Å². The van der Waals surface area contributed by atoms with Crippen molar-refractivity contribution in [3.63, 3.8) is 0 Å². The molecule has 2 aromatic rings. The fourth-order valence-electron chi connectivity index (χ4n) is 3.70. The molecule has 0 aliphatic carbocycles. The maximum atomic E-state index is 13.0. The van der Waals surface area contributed by atoms with Crippen LogP contribution in [0.3, 0.4) is 0 Å². The second kappa shape index (κ2) is 8.61. The first-order valence-corrected chi connectivity index (χ1v) is 9.85. The Kier molecular flexibility index (Phi) is 6.15. The van der Waals surface area contributed by atoms with Crippen LogP contribution in [0.25, 0.3) is 5.76 Å². The molecule has 1 atom stereocenters. The topological polar surface area (TPSA) is 76.1 Å². The molecule has 0 spiro atoms. The number of aliphatic hydroxyl groups excluding tert-OH is 1. The van der Waals surface area contributed by atoms with E-state index in [1.807, 2.05) is 32.9 Å². The Balaban J connectivity index is 2.24. The number of carbonyl (C=O) groups excluding carboxylic acids is 2. The molecule has 0 bridgehead atoms. The lowest BCUT2D eigenvalue weighted by atomic mass is 9.94. The summed E-state index contributed by atoms with van der Waals surface area (Å²) in [6, 6.07) is 11.6. The molecule has 1 aliphatic heterocycles. The van der Waals surface area contributed by atoms with Crippen molar-refractivity contribution in [2.45, 2.75) is 26.8 Å². The van der Waals surface area contributed by atoms with E-state index in [-0.39, 0.29) is 17.3 Å². The Morgan fingerprint density at radius 2 is 1.73 bits per heavy atom. The molecular weight excluding hydrogens is 382 g/mol. The lowest BCUT2D eigenvalue weighted by molar-refractivity contribution is -0.140. The highest BCUT2D eigenvalue weighted by Gasteiger charge is 2.47. The van der Waals surface area contributed by atoms with Gasteiger partial charge in [0.2, 0.25) is 0 Å². The molecule has 1 saturated heterocycles. The number of ketones is 1. The molecular formula is C24H27NO5. The summed E-state index contributed by atoms with van der Waals surface area (Å²) in [5.41, 5.74) is 2.19. The molecule has 1 aliphatic rings. The van der Waals surface area contributed by atoms with E-state index in [0.29, 0.717) is 29.2 Å². The Labute approximate surface area is 176 Å². The first-order valence-electron chi connectivity index (χ1n) is 9.85. The quantitative estimate of drug-likeness (QED) is 0.442. The van der Waals surface area contributed by atoms with E-state index < -0.39 is 17.7 Å². The molecule has 158 valence electrons. The molecule has 1 heterocycles. The number of ether oxygens (including phenoxy) is 2. The number of Topliss-reactive ketones (excluding diaryl/α,β-unsaturated/α-hetero) is 1. The summed E-state index contributed by atoms with van der Waals surface area (Å²) in [5.74, 6) is -0.312. The number of likely N-dealkylation sites (tertiary alicyclic amines) is 1. The molecule has 0 saturated carbocycles. The zero-order chi connectivity index (χ0) is 22.0. The van der Waals surface area contributed by atoms with Gasteiger partial charge in [-0.15, -0.1) is 0 Å². The molecule has 1 amide bonds. The summed E-state index contributed by atoms with van der Waals surface area (Å²) in [4.78, 5) is 27.4. The first-order chi connectivity index (χ1) is 14.3. The van der Waals surface area contributed by atoms with Gasteiger partial charge in [0.25, 0.3) is 11.7 Å². The number of hydrogen-bond acceptors (Lipinski definition) is 5. The number of nitrogens with zero attached hydrogens (tertiary/aromatic N) is 1. The van der Waals surface area contributed by atoms with Gasteiger partial charge in [-0.1, -0.05) is 43.7 Å². The Morgan fingerprint density at radius 3 is 2.30 bits per heavy atom. The normalized spacial score (nSPS) is 18.2. The minimum Gasteiger partial charge on any atom is -0.507 e. The van der Waals surface area contributed by atoms with Crippen molar-refractivity contribution >= 4 is 17.4 Å². The van der Waals surface area contributed by atoms with Crippen LogP contribution < -0.4 is 9.47 Å². The van der Waals surface area contributed by atoms with Crippen molar-refractivity contribution in [3.05, 3.63) is 64.7 Å². The monoisotopic (exact) mass is 409 g/mol. The van der Waals surface area contributed by atoms with Gasteiger partial charge >= 0.3 is 0 Å². The highest BCUT2D eigenvalue weighted by Crippen LogP contribution is 2.43. The van der Waals surface area contributed by atoms with Gasteiger partial charge in [-0.2, -0.15) is 0 Å². The van der Waals surface area contributed by atoms with Crippen LogP contribution in [0.4, 0.5) is 0 Å². The molecule has 1 N–H and O–H groups in total. The number of carbonyl (C=O) groups is 2. The van der Waals surface area contributed by atoms with Gasteiger partial charge in [0.1, 0.15) is 17.3 Å². The van der Waals surface area contributed by atoms with E-state index >= 15 is 0 Å². The second-order valence-electron chi connectivity index (χ2n) is 7.82. The van der Waals surface area contributed by atoms with E-state index in [1.165, 1.54) is 12.0 Å². The lowest BCUT2D eigenvalue weighted by Gasteiger charge is -2.28. The third-order valence-corrected chi connectivity index (χ3v) is 5.16. The summed E-state index contributed by atoms with van der Waals surface area (Å²) in [6.07, 6.45) is 0. The molecule has 6 nitrogen and oxygen atoms in total. The smallest absolute Gasteiger partial charge is 0.295 e. The Hall–Kier alpha value is -3.28. The van der Waals surface area contributed by atoms with Gasteiger partial charge in [-0.3, -0.25) is 9.59 Å². The minimum atomic E-state index is -0.755. The molecule has 0 unspecified atom stereocenters. The van der Waals surface area contributed by atoms with Crippen molar-refractivity contribution in [1.82, 2.24) is 4.90 Å². The SMILES string of the molecule is COc1ccc([C@H]2C(=C(O)c3ccc(C)cc3)C(=O)C(=O)N2CC(C)C)c(OC)c1. The summed E-state index contributed by atoms with van der Waals surface area (Å²) in [7, 11) is 3.07. The number of rotatable bonds is 6. The van der Waals surface area contributed by atoms with E-state index in [4.69, 9.17) is 9.47 Å². The number of amides is 1. The van der Waals surface area contributed by atoms with Crippen LogP contribution in [0.1, 0.15) is 36.6 Å². The van der Waals surface area contributed by atoms with E-state index in [9.17, 15) is 14.7 Å². The van der Waals surface area contributed by atoms with Crippen LogP contribution in [0.5, 0.6) is 11.5 Å². The summed E-state index contributed by atoms with van der Waals surface area (Å²) >= 11 is 0. The molecule has 6 heteroatoms. The minimum absolute atomic E-state index is 0.0629. The highest BCUT2D eigenvalue weighted by atomic mass is 16.5. The van der Waals surface area contributed by atoms with Crippen molar-refractivity contribution < 1.29 is 24.2 Å². The van der Waals surface area contributed by atoms with Gasteiger partial charge in [0.15, 0.2) is 0 Å². The zero-order valence-electron chi connectivity index (χ0n) is 17.9. The summed E-state index contributed by atoms with van der Waals surface area (Å²) in [5, 5.41) is 11.1. The Bertz CT molecular complexity index is 991. The summed E-state index contributed by atoms with van der Waals surface area (Å²) < 4.78 is 10.8. The molecule has 3 rings (SSSR count). The van der Waals surface area contributed by atoms with Gasteiger partial charge in [0.05, 0.1) is 25.8 Å². The van der Waals surface area contributed by atoms with Crippen molar-refractivity contribution in [3.8, 4) is 11.5 Å². The van der Waals surface area contributed by atoms with Crippen molar-refractivity contribution in [1.29, 1.82) is 0 Å². The number of aliphatic hydroxyl groups is 1. The lowest BCUT2D eigenvalue weighted by Crippen LogP contribution is -2.33. The summed E-state index contributed by atoms with van der Waals surface area (Å²) in [6.45, 7) is 6.26. The fourth-order valence-corrected chi connectivity index (χ4v) is 3.70. The molecule has 30 heavy (non-hydrogen) atoms. The fraction of sp³-hybridized carbons (Fsp3) is 0.333. The van der Waals surface area contributed by atoms with Crippen LogP contribution >= 0.6 is 0 Å². The number of methoxy groups -OCH3 is 2. The Morgan fingerprint density at radius 1 is 1.07 bits per heavy atom. The van der Waals surface area contributed by atoms with Crippen LogP contribution in [0.15, 0.2) is 48.0 Å². The maximum absolute atomic E-state index is 13.0. The third-order valence-electron chi connectivity index (χ3n) is 5.16. The number of aryl methyl sites for hydroxylation is 1. The number of benzene rings is 2. The van der Waals surface area contributed by atoms with E-state index in [2.05, 4.69) is 0 Å². The van der Waals surface area contributed by atoms with E-state index in [0.717, 1.165) is 5.56 Å². The van der Waals surface area contributed by atoms with Crippen LogP contribution in [-0.2, 0) is 9.59 Å². The van der Waals surface area contributed by atoms with Crippen LogP contribution in [0.2, 0.25) is 0 Å². The molecule has 2 aromatic carbocycles. The highest BCUT2D eigenvalue weighted by molar-refractivity contribution is 6.46. The predicted octanol–water partition coefficient (Wildman–Crippen LogP) is 4.09. The van der Waals surface area contributed by atoms with Gasteiger partial charge in [-0.05, 0) is 25.0 Å². The van der Waals surface area contributed by atoms with Gasteiger partial charge in [0, 0.05) is 23.7 Å². The maximum Gasteiger partial charge on any atom is 0.295 e. The molecule has 0 aromatic heterocycles. The van der Waals surface area contributed by atoms with Gasteiger partial charge in [-0.25, -0.2) is 0 Å². The van der Waals surface area contributed by atoms with Crippen LogP contribution in [-0.4, -0.2) is 42.5 Å². The van der Waals surface area contributed by atoms with E-state index in [1.54, 1.807) is 37.4 Å². The molecule has 1 fully saturated rings. The average Bonchev–Trinajstić information content (AvgIpc) is 2.97. The average molecular weight is 409 g/mol. The standard InChI is InChI=1S/C24H27NO5/c1-14(2)13-25-21(18-11-10-17(29-4)12-19(18)30-5)20(23(27)24(25)28)22(26)16-8-6-15(3)7-9-16/h6-12,14,21,26H,13H2,1-5H3/t21-/m0/s1. The second-order valence-corrected chi connectivity index (χ2v) is 7.82.